The number of hydrogen-bond acceptors (Lipinski definition) is 5. The van der Waals surface area contributed by atoms with Crippen LogP contribution in [0.3, 0.4) is 0 Å². The molecule has 1 saturated carbocycles. The molecule has 0 N–H and O–H groups in total. The molecule has 3 heterocycles. The van der Waals surface area contributed by atoms with Gasteiger partial charge in [-0.05, 0) is 25.8 Å². The third-order valence-electron chi connectivity index (χ3n) is 4.36. The van der Waals surface area contributed by atoms with Crippen molar-refractivity contribution in [1.29, 1.82) is 0 Å². The van der Waals surface area contributed by atoms with Gasteiger partial charge in [-0.15, -0.1) is 0 Å². The number of nitrogens with zero attached hydrogens (tertiary/aromatic N) is 5. The quantitative estimate of drug-likeness (QED) is 0.852. The standard InChI is InChI=1S/C16H19N5O/c1-11-6-18-15(7-17-11)20-8-12(9-20)10-21-16(22)5-4-14(19-21)13-2-3-13/h4-7,12-13H,2-3,8-10H2,1H3. The molecule has 0 radical (unpaired) electrons. The largest absolute Gasteiger partial charge is 0.355 e. The summed E-state index contributed by atoms with van der Waals surface area (Å²) < 4.78 is 1.64. The zero-order valence-corrected chi connectivity index (χ0v) is 12.6. The van der Waals surface area contributed by atoms with E-state index in [0.29, 0.717) is 18.4 Å². The molecular weight excluding hydrogens is 278 g/mol. The van der Waals surface area contributed by atoms with E-state index in [4.69, 9.17) is 0 Å². The van der Waals surface area contributed by atoms with Gasteiger partial charge in [-0.1, -0.05) is 0 Å². The van der Waals surface area contributed by atoms with E-state index in [1.165, 1.54) is 12.8 Å². The molecular formula is C16H19N5O. The highest BCUT2D eigenvalue weighted by atomic mass is 16.1. The minimum atomic E-state index is -0.00187. The number of aryl methyl sites for hydroxylation is 1. The summed E-state index contributed by atoms with van der Waals surface area (Å²) in [6.45, 7) is 4.43. The van der Waals surface area contributed by atoms with E-state index in [9.17, 15) is 4.79 Å². The van der Waals surface area contributed by atoms with Crippen molar-refractivity contribution in [2.45, 2.75) is 32.2 Å². The molecule has 0 atom stereocenters. The highest BCUT2D eigenvalue weighted by molar-refractivity contribution is 5.39. The van der Waals surface area contributed by atoms with Crippen LogP contribution in [0.15, 0.2) is 29.3 Å². The summed E-state index contributed by atoms with van der Waals surface area (Å²) in [5, 5.41) is 4.52. The van der Waals surface area contributed by atoms with Crippen molar-refractivity contribution in [3.05, 3.63) is 46.3 Å². The summed E-state index contributed by atoms with van der Waals surface area (Å²) in [5.74, 6) is 1.93. The van der Waals surface area contributed by atoms with Gasteiger partial charge >= 0.3 is 0 Å². The molecule has 4 rings (SSSR count). The van der Waals surface area contributed by atoms with Gasteiger partial charge < -0.3 is 4.90 Å². The molecule has 2 aliphatic rings. The van der Waals surface area contributed by atoms with Crippen LogP contribution in [-0.2, 0) is 6.54 Å². The van der Waals surface area contributed by atoms with Crippen molar-refractivity contribution in [3.8, 4) is 0 Å². The Kier molecular flexibility index (Phi) is 3.17. The fourth-order valence-corrected chi connectivity index (χ4v) is 2.86. The van der Waals surface area contributed by atoms with Crippen molar-refractivity contribution >= 4 is 5.82 Å². The number of hydrogen-bond donors (Lipinski definition) is 0. The summed E-state index contributed by atoms with van der Waals surface area (Å²) >= 11 is 0. The third-order valence-corrected chi connectivity index (χ3v) is 4.36. The summed E-state index contributed by atoms with van der Waals surface area (Å²) in [7, 11) is 0. The van der Waals surface area contributed by atoms with Crippen molar-refractivity contribution < 1.29 is 0 Å². The maximum atomic E-state index is 11.9. The van der Waals surface area contributed by atoms with Gasteiger partial charge in [0.2, 0.25) is 0 Å². The fraction of sp³-hybridized carbons (Fsp3) is 0.500. The zero-order chi connectivity index (χ0) is 15.1. The molecule has 0 spiro atoms. The molecule has 2 aromatic heterocycles. The molecule has 6 nitrogen and oxygen atoms in total. The topological polar surface area (TPSA) is 63.9 Å². The minimum absolute atomic E-state index is 0.00187. The van der Waals surface area contributed by atoms with Crippen LogP contribution < -0.4 is 10.5 Å². The van der Waals surface area contributed by atoms with Crippen LogP contribution in [0.2, 0.25) is 0 Å². The van der Waals surface area contributed by atoms with Gasteiger partial charge in [0.25, 0.3) is 5.56 Å². The van der Waals surface area contributed by atoms with Crippen molar-refractivity contribution in [2.24, 2.45) is 5.92 Å². The number of aromatic nitrogens is 4. The maximum absolute atomic E-state index is 11.9. The second-order valence-electron chi connectivity index (χ2n) is 6.34. The molecule has 0 bridgehead atoms. The first-order valence-corrected chi connectivity index (χ1v) is 7.81. The first kappa shape index (κ1) is 13.4. The Labute approximate surface area is 128 Å². The third kappa shape index (κ3) is 2.61. The SMILES string of the molecule is Cc1cnc(N2CC(Cn3nc(C4CC4)ccc3=O)C2)cn1. The van der Waals surface area contributed by atoms with Gasteiger partial charge in [-0.25, -0.2) is 9.67 Å². The van der Waals surface area contributed by atoms with E-state index >= 15 is 0 Å². The van der Waals surface area contributed by atoms with Gasteiger partial charge in [0.1, 0.15) is 5.82 Å². The van der Waals surface area contributed by atoms with E-state index in [1.54, 1.807) is 16.9 Å². The van der Waals surface area contributed by atoms with Gasteiger partial charge in [-0.2, -0.15) is 5.10 Å². The number of rotatable bonds is 4. The molecule has 22 heavy (non-hydrogen) atoms. The molecule has 0 unspecified atom stereocenters. The lowest BCUT2D eigenvalue weighted by Crippen LogP contribution is -2.50. The first-order chi connectivity index (χ1) is 10.7. The van der Waals surface area contributed by atoms with Gasteiger partial charge in [0, 0.05) is 31.0 Å². The Morgan fingerprint density at radius 1 is 1.18 bits per heavy atom. The lowest BCUT2D eigenvalue weighted by Gasteiger charge is -2.39. The molecule has 114 valence electrons. The monoisotopic (exact) mass is 297 g/mol. The van der Waals surface area contributed by atoms with Crippen LogP contribution in [-0.4, -0.2) is 32.8 Å². The summed E-state index contributed by atoms with van der Waals surface area (Å²) in [6, 6.07) is 3.54. The van der Waals surface area contributed by atoms with E-state index in [0.717, 1.165) is 30.3 Å². The maximum Gasteiger partial charge on any atom is 0.266 e. The average molecular weight is 297 g/mol. The van der Waals surface area contributed by atoms with Crippen LogP contribution in [0.5, 0.6) is 0 Å². The number of anilines is 1. The Hall–Kier alpha value is -2.24. The molecule has 6 heteroatoms. The Balaban J connectivity index is 1.40. The highest BCUT2D eigenvalue weighted by Crippen LogP contribution is 2.38. The van der Waals surface area contributed by atoms with Crippen LogP contribution in [0.1, 0.15) is 30.1 Å². The lowest BCUT2D eigenvalue weighted by molar-refractivity contribution is 0.331. The molecule has 2 fully saturated rings. The predicted octanol–water partition coefficient (Wildman–Crippen LogP) is 1.36. The summed E-state index contributed by atoms with van der Waals surface area (Å²) in [5.41, 5.74) is 1.99. The molecule has 0 aromatic carbocycles. The zero-order valence-electron chi connectivity index (χ0n) is 12.6. The van der Waals surface area contributed by atoms with E-state index in [2.05, 4.69) is 20.0 Å². The Bertz CT molecular complexity index is 729. The van der Waals surface area contributed by atoms with E-state index in [-0.39, 0.29) is 5.56 Å². The molecule has 1 aliphatic carbocycles. The summed E-state index contributed by atoms with van der Waals surface area (Å²) in [4.78, 5) is 22.8. The molecule has 2 aromatic rings. The van der Waals surface area contributed by atoms with Crippen molar-refractivity contribution in [1.82, 2.24) is 19.7 Å². The normalized spacial score (nSPS) is 18.3. The molecule has 1 saturated heterocycles. The first-order valence-electron chi connectivity index (χ1n) is 7.81. The summed E-state index contributed by atoms with van der Waals surface area (Å²) in [6.07, 6.45) is 6.00. The molecule has 0 amide bonds. The van der Waals surface area contributed by atoms with Crippen LogP contribution >= 0.6 is 0 Å². The van der Waals surface area contributed by atoms with Crippen LogP contribution in [0.25, 0.3) is 0 Å². The van der Waals surface area contributed by atoms with Crippen LogP contribution in [0.4, 0.5) is 5.82 Å². The second-order valence-corrected chi connectivity index (χ2v) is 6.34. The van der Waals surface area contributed by atoms with Gasteiger partial charge in [-0.3, -0.25) is 9.78 Å². The van der Waals surface area contributed by atoms with Crippen molar-refractivity contribution in [2.75, 3.05) is 18.0 Å². The van der Waals surface area contributed by atoms with Gasteiger partial charge in [0.05, 0.1) is 30.3 Å². The van der Waals surface area contributed by atoms with E-state index < -0.39 is 0 Å². The van der Waals surface area contributed by atoms with Crippen LogP contribution in [0, 0.1) is 12.8 Å². The van der Waals surface area contributed by atoms with Gasteiger partial charge in [0.15, 0.2) is 0 Å². The van der Waals surface area contributed by atoms with E-state index in [1.807, 2.05) is 19.2 Å². The van der Waals surface area contributed by atoms with Crippen molar-refractivity contribution in [3.63, 3.8) is 0 Å². The smallest absolute Gasteiger partial charge is 0.266 e. The Morgan fingerprint density at radius 2 is 2.00 bits per heavy atom. The second kappa shape index (κ2) is 5.19. The fourth-order valence-electron chi connectivity index (χ4n) is 2.86. The molecule has 1 aliphatic heterocycles. The average Bonchev–Trinajstić information content (AvgIpc) is 3.30. The minimum Gasteiger partial charge on any atom is -0.355 e. The Morgan fingerprint density at radius 3 is 2.68 bits per heavy atom. The predicted molar refractivity (Wildman–Crippen MR) is 82.9 cm³/mol. The highest BCUT2D eigenvalue weighted by Gasteiger charge is 2.30. The lowest BCUT2D eigenvalue weighted by atomic mass is 10.0.